The lowest BCUT2D eigenvalue weighted by Gasteiger charge is -2.44. The fourth-order valence-electron chi connectivity index (χ4n) is 14.2. The molecular formula is C79H54BN5. The number of hydrogen-bond donors (Lipinski definition) is 0. The summed E-state index contributed by atoms with van der Waals surface area (Å²) in [7, 11) is 0. The molecule has 398 valence electrons. The number of nitrogens with zero attached hydrogens (tertiary/aromatic N) is 5. The van der Waals surface area contributed by atoms with Crippen LogP contribution in [-0.2, 0) is 5.41 Å². The SMILES string of the molecule is CC1(C)c2ccccc2-c2cc3c4ccccc4n(-c4ccc(-c5nc(-c6ccccc6)cc(-c6ccccc6)n5)cc4-c4ccc(-c5ccc(N6c7ccccc7B7c8ccccc8N(c8ccccc8)c8cccc6c87)cc5)cc4)c3cc21. The molecule has 0 fully saturated rings. The minimum Gasteiger partial charge on any atom is -0.311 e. The number of aromatic nitrogens is 3. The second-order valence-electron chi connectivity index (χ2n) is 23.3. The standard InChI is InChI=1S/C79H54BN5/c1-79(2)64-29-14-12-27-59(64)62-48-63-60-28-13-17-32-70(60)85(76(63)49-65(62)79)71-46-43-56(78-81-68(54-21-6-3-7-22-54)50-69(82-78)55-23-8-4-9-24-55)47-61(71)53-39-37-51(38-40-53)52-41-44-58(45-42-52)84-73-34-19-16-31-67(73)80-66-30-15-18-33-72(66)83(57-25-10-5-11-26-57)74-35-20-36-75(84)77(74)80/h3-50H,1-2H3. The zero-order valence-corrected chi connectivity index (χ0v) is 47.0. The van der Waals surface area contributed by atoms with Crippen LogP contribution in [0, 0.1) is 0 Å². The Hall–Kier alpha value is -10.8. The summed E-state index contributed by atoms with van der Waals surface area (Å²) in [6.07, 6.45) is 0. The summed E-state index contributed by atoms with van der Waals surface area (Å²) in [6.45, 7) is 4.83. The van der Waals surface area contributed by atoms with Crippen molar-refractivity contribution in [3.63, 3.8) is 0 Å². The van der Waals surface area contributed by atoms with Crippen LogP contribution in [0.5, 0.6) is 0 Å². The molecule has 0 saturated carbocycles. The maximum atomic E-state index is 5.34. The van der Waals surface area contributed by atoms with Crippen molar-refractivity contribution in [2.24, 2.45) is 0 Å². The summed E-state index contributed by atoms with van der Waals surface area (Å²) >= 11 is 0. The summed E-state index contributed by atoms with van der Waals surface area (Å²) in [5.41, 5.74) is 28.9. The van der Waals surface area contributed by atoms with Crippen LogP contribution in [0.2, 0.25) is 0 Å². The van der Waals surface area contributed by atoms with Crippen molar-refractivity contribution < 1.29 is 0 Å². The van der Waals surface area contributed by atoms with Crippen molar-refractivity contribution in [3.05, 3.63) is 302 Å². The molecule has 14 aromatic rings. The van der Waals surface area contributed by atoms with E-state index in [0.717, 1.165) is 72.9 Å². The smallest absolute Gasteiger partial charge is 0.252 e. The Morgan fingerprint density at radius 1 is 0.318 bits per heavy atom. The molecule has 2 aromatic heterocycles. The molecule has 12 aromatic carbocycles. The number of fused-ring (bicyclic) bond motifs is 10. The highest BCUT2D eigenvalue weighted by Crippen LogP contribution is 2.52. The maximum absolute atomic E-state index is 5.34. The van der Waals surface area contributed by atoms with E-state index in [1.807, 2.05) is 0 Å². The molecule has 6 heteroatoms. The highest BCUT2D eigenvalue weighted by Gasteiger charge is 2.43. The zero-order valence-electron chi connectivity index (χ0n) is 47.0. The second kappa shape index (κ2) is 19.1. The van der Waals surface area contributed by atoms with Gasteiger partial charge in [0.25, 0.3) is 6.71 Å². The van der Waals surface area contributed by atoms with Crippen molar-refractivity contribution >= 4 is 79.0 Å². The highest BCUT2D eigenvalue weighted by molar-refractivity contribution is 7.00. The molecule has 0 atom stereocenters. The van der Waals surface area contributed by atoms with E-state index in [9.17, 15) is 0 Å². The third-order valence-corrected chi connectivity index (χ3v) is 18.2. The number of hydrogen-bond acceptors (Lipinski definition) is 4. The van der Waals surface area contributed by atoms with E-state index in [4.69, 9.17) is 9.97 Å². The van der Waals surface area contributed by atoms with Crippen LogP contribution in [0.15, 0.2) is 291 Å². The molecule has 4 heterocycles. The van der Waals surface area contributed by atoms with E-state index < -0.39 is 0 Å². The minimum absolute atomic E-state index is 0.0909. The van der Waals surface area contributed by atoms with Crippen LogP contribution < -0.4 is 26.2 Å². The first-order valence-electron chi connectivity index (χ1n) is 29.4. The average molecular weight is 1080 g/mol. The quantitative estimate of drug-likeness (QED) is 0.142. The van der Waals surface area contributed by atoms with E-state index in [1.54, 1.807) is 0 Å². The topological polar surface area (TPSA) is 37.2 Å². The van der Waals surface area contributed by atoms with Gasteiger partial charge < -0.3 is 14.4 Å². The van der Waals surface area contributed by atoms with Crippen LogP contribution in [0.3, 0.4) is 0 Å². The van der Waals surface area contributed by atoms with Crippen molar-refractivity contribution in [1.82, 2.24) is 14.5 Å². The molecule has 1 aliphatic carbocycles. The van der Waals surface area contributed by atoms with Gasteiger partial charge in [0.15, 0.2) is 5.82 Å². The molecule has 3 aliphatic rings. The van der Waals surface area contributed by atoms with Crippen molar-refractivity contribution in [1.29, 1.82) is 0 Å². The first-order valence-corrected chi connectivity index (χ1v) is 29.4. The van der Waals surface area contributed by atoms with Crippen molar-refractivity contribution in [3.8, 4) is 73.0 Å². The molecule has 17 rings (SSSR count). The Morgan fingerprint density at radius 2 is 0.835 bits per heavy atom. The third-order valence-electron chi connectivity index (χ3n) is 18.2. The normalized spacial score (nSPS) is 13.3. The average Bonchev–Trinajstić information content (AvgIpc) is 2.56. The predicted octanol–water partition coefficient (Wildman–Crippen LogP) is 18.3. The van der Waals surface area contributed by atoms with Gasteiger partial charge in [0.1, 0.15) is 0 Å². The second-order valence-corrected chi connectivity index (χ2v) is 23.3. The summed E-state index contributed by atoms with van der Waals surface area (Å²) in [5.74, 6) is 0.672. The maximum Gasteiger partial charge on any atom is 0.252 e. The van der Waals surface area contributed by atoms with Crippen LogP contribution in [-0.4, -0.2) is 21.2 Å². The zero-order chi connectivity index (χ0) is 56.3. The summed E-state index contributed by atoms with van der Waals surface area (Å²) in [6, 6.07) is 106. The minimum atomic E-state index is -0.167. The van der Waals surface area contributed by atoms with Gasteiger partial charge in [-0.3, -0.25) is 0 Å². The fraction of sp³-hybridized carbons (Fsp3) is 0.0380. The first kappa shape index (κ1) is 48.9. The monoisotopic (exact) mass is 1080 g/mol. The van der Waals surface area contributed by atoms with Gasteiger partial charge >= 0.3 is 0 Å². The molecule has 0 spiro atoms. The number of benzene rings is 12. The molecule has 0 bridgehead atoms. The van der Waals surface area contributed by atoms with Gasteiger partial charge in [0.2, 0.25) is 0 Å². The fourth-order valence-corrected chi connectivity index (χ4v) is 14.2. The van der Waals surface area contributed by atoms with E-state index in [2.05, 4.69) is 319 Å². The Labute approximate surface area is 495 Å². The Kier molecular flexibility index (Phi) is 11.0. The highest BCUT2D eigenvalue weighted by atomic mass is 15.2. The summed E-state index contributed by atoms with van der Waals surface area (Å²) in [5, 5.41) is 2.46. The van der Waals surface area contributed by atoms with Crippen LogP contribution in [0.1, 0.15) is 25.0 Å². The van der Waals surface area contributed by atoms with Crippen molar-refractivity contribution in [2.45, 2.75) is 19.3 Å². The third kappa shape index (κ3) is 7.65. The van der Waals surface area contributed by atoms with Gasteiger partial charge in [-0.25, -0.2) is 9.97 Å². The first-order chi connectivity index (χ1) is 41.9. The lowest BCUT2D eigenvalue weighted by Crippen LogP contribution is -2.61. The number of rotatable bonds is 8. The molecule has 2 aliphatic heterocycles. The molecule has 85 heavy (non-hydrogen) atoms. The van der Waals surface area contributed by atoms with E-state index >= 15 is 0 Å². The Bertz CT molecular complexity index is 4920. The molecule has 5 nitrogen and oxygen atoms in total. The lowest BCUT2D eigenvalue weighted by molar-refractivity contribution is 0.661. The molecule has 0 radical (unpaired) electrons. The van der Waals surface area contributed by atoms with Gasteiger partial charge in [-0.1, -0.05) is 214 Å². The van der Waals surface area contributed by atoms with Crippen molar-refractivity contribution in [2.75, 3.05) is 9.80 Å². The van der Waals surface area contributed by atoms with E-state index in [-0.39, 0.29) is 12.1 Å². The van der Waals surface area contributed by atoms with Gasteiger partial charge in [0, 0.05) is 72.6 Å². The molecule has 0 unspecified atom stereocenters. The Balaban J connectivity index is 0.799. The Morgan fingerprint density at radius 3 is 1.49 bits per heavy atom. The van der Waals surface area contributed by atoms with E-state index in [1.165, 1.54) is 77.7 Å². The molecule has 0 saturated heterocycles. The van der Waals surface area contributed by atoms with Crippen LogP contribution in [0.25, 0.3) is 94.8 Å². The van der Waals surface area contributed by atoms with Crippen LogP contribution >= 0.6 is 0 Å². The van der Waals surface area contributed by atoms with Gasteiger partial charge in [-0.2, -0.15) is 0 Å². The number of para-hydroxylation sites is 4. The van der Waals surface area contributed by atoms with E-state index in [0.29, 0.717) is 5.82 Å². The van der Waals surface area contributed by atoms with Gasteiger partial charge in [-0.05, 0) is 146 Å². The largest absolute Gasteiger partial charge is 0.311 e. The molecule has 0 amide bonds. The summed E-state index contributed by atoms with van der Waals surface area (Å²) in [4.78, 5) is 15.6. The van der Waals surface area contributed by atoms with Crippen LogP contribution in [0.4, 0.5) is 34.1 Å². The van der Waals surface area contributed by atoms with Gasteiger partial charge in [-0.15, -0.1) is 0 Å². The lowest BCUT2D eigenvalue weighted by atomic mass is 9.33. The number of anilines is 6. The predicted molar refractivity (Wildman–Crippen MR) is 355 cm³/mol. The van der Waals surface area contributed by atoms with Gasteiger partial charge in [0.05, 0.1) is 28.1 Å². The molecular weight excluding hydrogens is 1030 g/mol. The summed E-state index contributed by atoms with van der Waals surface area (Å²) < 4.78 is 2.50. The molecule has 0 N–H and O–H groups in total.